The van der Waals surface area contributed by atoms with Crippen LogP contribution in [-0.4, -0.2) is 11.6 Å². The Morgan fingerprint density at radius 2 is 2.29 bits per heavy atom. The maximum absolute atomic E-state index is 11.2. The normalized spacial score (nSPS) is 40.6. The molecular formula is C12H18O2. The summed E-state index contributed by atoms with van der Waals surface area (Å²) in [6.07, 6.45) is 7.38. The van der Waals surface area contributed by atoms with Gasteiger partial charge in [-0.2, -0.15) is 0 Å². The van der Waals surface area contributed by atoms with E-state index in [-0.39, 0.29) is 11.6 Å². The van der Waals surface area contributed by atoms with Gasteiger partial charge in [0.15, 0.2) is 0 Å². The first-order valence-electron chi connectivity index (χ1n) is 5.51. The van der Waals surface area contributed by atoms with Crippen molar-refractivity contribution >= 4 is 5.97 Å². The Morgan fingerprint density at radius 1 is 1.50 bits per heavy atom. The second kappa shape index (κ2) is 3.41. The zero-order valence-electron chi connectivity index (χ0n) is 8.79. The van der Waals surface area contributed by atoms with Crippen LogP contribution in [0, 0.1) is 11.8 Å². The number of carbonyl (C=O) groups excluding carboxylic acids is 1. The molecule has 2 aliphatic carbocycles. The van der Waals surface area contributed by atoms with Crippen LogP contribution in [0.25, 0.3) is 0 Å². The molecule has 0 aromatic rings. The molecule has 0 N–H and O–H groups in total. The molecule has 78 valence electrons. The molecule has 0 spiro atoms. The number of hydrogen-bond donors (Lipinski definition) is 0. The molecule has 2 rings (SSSR count). The molecule has 0 heterocycles. The summed E-state index contributed by atoms with van der Waals surface area (Å²) in [5.74, 6) is 1.14. The Labute approximate surface area is 85.3 Å². The fourth-order valence-corrected chi connectivity index (χ4v) is 3.24. The lowest BCUT2D eigenvalue weighted by Gasteiger charge is -2.30. The summed E-state index contributed by atoms with van der Waals surface area (Å²) in [6.45, 7) is 5.53. The van der Waals surface area contributed by atoms with Gasteiger partial charge in [0, 0.05) is 12.0 Å². The number of esters is 1. The lowest BCUT2D eigenvalue weighted by Crippen LogP contribution is -2.35. The number of rotatable bonds is 2. The van der Waals surface area contributed by atoms with Crippen molar-refractivity contribution in [3.63, 3.8) is 0 Å². The van der Waals surface area contributed by atoms with E-state index in [2.05, 4.69) is 13.5 Å². The van der Waals surface area contributed by atoms with Crippen LogP contribution in [0.4, 0.5) is 0 Å². The van der Waals surface area contributed by atoms with Crippen LogP contribution >= 0.6 is 0 Å². The van der Waals surface area contributed by atoms with Crippen molar-refractivity contribution in [1.82, 2.24) is 0 Å². The van der Waals surface area contributed by atoms with Gasteiger partial charge in [0.25, 0.3) is 0 Å². The fraction of sp³-hybridized carbons (Fsp3) is 0.750. The second-order valence-electron chi connectivity index (χ2n) is 4.77. The summed E-state index contributed by atoms with van der Waals surface area (Å²) in [4.78, 5) is 11.2. The van der Waals surface area contributed by atoms with Crippen molar-refractivity contribution < 1.29 is 9.53 Å². The molecule has 0 aliphatic heterocycles. The third kappa shape index (κ3) is 1.47. The monoisotopic (exact) mass is 194 g/mol. The minimum Gasteiger partial charge on any atom is -0.456 e. The van der Waals surface area contributed by atoms with Gasteiger partial charge >= 0.3 is 5.97 Å². The number of fused-ring (bicyclic) bond motifs is 1. The predicted molar refractivity (Wildman–Crippen MR) is 54.8 cm³/mol. The molecule has 14 heavy (non-hydrogen) atoms. The molecule has 2 nitrogen and oxygen atoms in total. The zero-order valence-corrected chi connectivity index (χ0v) is 8.79. The number of hydrogen-bond acceptors (Lipinski definition) is 2. The summed E-state index contributed by atoms with van der Waals surface area (Å²) in [7, 11) is 0. The predicted octanol–water partition coefficient (Wildman–Crippen LogP) is 2.68. The maximum atomic E-state index is 11.2. The van der Waals surface area contributed by atoms with Gasteiger partial charge in [-0.15, -0.1) is 0 Å². The first-order chi connectivity index (χ1) is 6.65. The van der Waals surface area contributed by atoms with E-state index in [4.69, 9.17) is 4.74 Å². The van der Waals surface area contributed by atoms with E-state index >= 15 is 0 Å². The molecule has 0 saturated heterocycles. The first-order valence-corrected chi connectivity index (χ1v) is 5.51. The maximum Gasteiger partial charge on any atom is 0.330 e. The molecule has 2 aliphatic rings. The zero-order chi connectivity index (χ0) is 10.2. The van der Waals surface area contributed by atoms with Crippen LogP contribution in [0.15, 0.2) is 12.7 Å². The molecule has 2 fully saturated rings. The van der Waals surface area contributed by atoms with Crippen molar-refractivity contribution in [2.75, 3.05) is 0 Å². The van der Waals surface area contributed by atoms with E-state index in [0.29, 0.717) is 5.92 Å². The molecule has 0 aromatic carbocycles. The smallest absolute Gasteiger partial charge is 0.330 e. The van der Waals surface area contributed by atoms with Crippen molar-refractivity contribution in [2.45, 2.75) is 44.6 Å². The Hall–Kier alpha value is -0.790. The average Bonchev–Trinajstić information content (AvgIpc) is 2.71. The molecule has 2 heteroatoms. The van der Waals surface area contributed by atoms with Crippen LogP contribution in [0.1, 0.15) is 39.0 Å². The van der Waals surface area contributed by atoms with Crippen LogP contribution in [-0.2, 0) is 9.53 Å². The number of ether oxygens (including phenoxy) is 1. The van der Waals surface area contributed by atoms with Crippen LogP contribution in [0.5, 0.6) is 0 Å². The molecule has 0 amide bonds. The van der Waals surface area contributed by atoms with Crippen LogP contribution < -0.4 is 0 Å². The quantitative estimate of drug-likeness (QED) is 0.499. The van der Waals surface area contributed by atoms with E-state index < -0.39 is 0 Å². The highest BCUT2D eigenvalue weighted by Gasteiger charge is 2.49. The lowest BCUT2D eigenvalue weighted by atomic mass is 9.89. The minimum atomic E-state index is -0.264. The van der Waals surface area contributed by atoms with E-state index in [1.54, 1.807) is 0 Å². The molecule has 2 saturated carbocycles. The largest absolute Gasteiger partial charge is 0.456 e. The van der Waals surface area contributed by atoms with E-state index in [1.807, 2.05) is 0 Å². The van der Waals surface area contributed by atoms with Gasteiger partial charge in [0.1, 0.15) is 5.60 Å². The third-order valence-corrected chi connectivity index (χ3v) is 3.96. The van der Waals surface area contributed by atoms with Crippen LogP contribution in [0.3, 0.4) is 0 Å². The van der Waals surface area contributed by atoms with Crippen molar-refractivity contribution in [3.05, 3.63) is 12.7 Å². The minimum absolute atomic E-state index is 0.202. The topological polar surface area (TPSA) is 26.3 Å². The summed E-state index contributed by atoms with van der Waals surface area (Å²) >= 11 is 0. The van der Waals surface area contributed by atoms with Gasteiger partial charge in [-0.3, -0.25) is 0 Å². The van der Waals surface area contributed by atoms with E-state index in [1.165, 1.54) is 31.8 Å². The van der Waals surface area contributed by atoms with E-state index in [9.17, 15) is 4.79 Å². The molecule has 0 radical (unpaired) electrons. The highest BCUT2D eigenvalue weighted by Crippen LogP contribution is 2.51. The van der Waals surface area contributed by atoms with Crippen molar-refractivity contribution in [1.29, 1.82) is 0 Å². The highest BCUT2D eigenvalue weighted by atomic mass is 16.6. The Morgan fingerprint density at radius 3 is 3.00 bits per heavy atom. The van der Waals surface area contributed by atoms with Gasteiger partial charge < -0.3 is 4.74 Å². The molecular weight excluding hydrogens is 176 g/mol. The Bertz CT molecular complexity index is 259. The second-order valence-corrected chi connectivity index (χ2v) is 4.77. The Balaban J connectivity index is 2.08. The summed E-state index contributed by atoms with van der Waals surface area (Å²) in [5.41, 5.74) is -0.202. The van der Waals surface area contributed by atoms with Gasteiger partial charge in [-0.05, 0) is 32.1 Å². The number of carbonyl (C=O) groups is 1. The summed E-state index contributed by atoms with van der Waals surface area (Å²) in [6, 6.07) is 0. The highest BCUT2D eigenvalue weighted by molar-refractivity contribution is 5.81. The van der Waals surface area contributed by atoms with Crippen molar-refractivity contribution in [3.8, 4) is 0 Å². The molecule has 3 unspecified atom stereocenters. The first kappa shape index (κ1) is 9.75. The molecule has 0 bridgehead atoms. The van der Waals surface area contributed by atoms with Crippen molar-refractivity contribution in [2.24, 2.45) is 11.8 Å². The van der Waals surface area contributed by atoms with Gasteiger partial charge in [-0.1, -0.05) is 19.4 Å². The average molecular weight is 194 g/mol. The fourth-order valence-electron chi connectivity index (χ4n) is 3.24. The van der Waals surface area contributed by atoms with Gasteiger partial charge in [0.05, 0.1) is 0 Å². The van der Waals surface area contributed by atoms with E-state index in [0.717, 1.165) is 12.3 Å². The SMILES string of the molecule is C=CC(=O)OC1(C)CCC2CCCC21. The standard InChI is InChI=1S/C12H18O2/c1-3-11(13)14-12(2)8-7-9-5-4-6-10(9)12/h3,9-10H,1,4-8H2,2H3. The van der Waals surface area contributed by atoms with Gasteiger partial charge in [0.2, 0.25) is 0 Å². The molecule has 3 atom stereocenters. The summed E-state index contributed by atoms with van der Waals surface area (Å²) in [5, 5.41) is 0. The van der Waals surface area contributed by atoms with Gasteiger partial charge in [-0.25, -0.2) is 4.79 Å². The third-order valence-electron chi connectivity index (χ3n) is 3.96. The molecule has 0 aromatic heterocycles. The summed E-state index contributed by atoms with van der Waals surface area (Å²) < 4.78 is 5.50. The Kier molecular flexibility index (Phi) is 2.38. The lowest BCUT2D eigenvalue weighted by molar-refractivity contribution is -0.155. The van der Waals surface area contributed by atoms with Crippen LogP contribution in [0.2, 0.25) is 0 Å².